The van der Waals surface area contributed by atoms with E-state index in [0.29, 0.717) is 23.9 Å². The first kappa shape index (κ1) is 67.2. The number of nitrogens with one attached hydrogen (secondary N) is 1. The molecule has 3 N–H and O–H groups in total. The highest BCUT2D eigenvalue weighted by molar-refractivity contribution is 7.47. The maximum atomic E-state index is 13.0. The molecule has 9 heteroatoms. The van der Waals surface area contributed by atoms with Crippen LogP contribution in [-0.4, -0.2) is 73.4 Å². The number of quaternary nitrogens is 1. The Balaban J connectivity index is 4.13. The monoisotopic (exact) mass is 990 g/mol. The first-order valence-corrected chi connectivity index (χ1v) is 30.6. The molecule has 8 nitrogen and oxygen atoms in total. The Morgan fingerprint density at radius 1 is 0.507 bits per heavy atom. The lowest BCUT2D eigenvalue weighted by Crippen LogP contribution is -2.46. The summed E-state index contributed by atoms with van der Waals surface area (Å²) in [6.45, 7) is 4.80. The smallest absolute Gasteiger partial charge is 0.391 e. The molecular weight excluding hydrogens is 876 g/mol. The fraction of sp³-hybridized carbons (Fsp3) is 0.817. The minimum Gasteiger partial charge on any atom is -0.391 e. The van der Waals surface area contributed by atoms with Gasteiger partial charge in [-0.2, -0.15) is 0 Å². The van der Waals surface area contributed by atoms with Gasteiger partial charge in [-0.25, -0.2) is 4.57 Å². The molecule has 0 heterocycles. The molecule has 0 aromatic carbocycles. The summed E-state index contributed by atoms with van der Waals surface area (Å²) in [6, 6.07) is -0.764. The molecule has 0 aromatic heterocycles. The van der Waals surface area contributed by atoms with Crippen LogP contribution in [0.5, 0.6) is 0 Å². The van der Waals surface area contributed by atoms with Gasteiger partial charge in [0.25, 0.3) is 0 Å². The summed E-state index contributed by atoms with van der Waals surface area (Å²) in [6.07, 6.45) is 68.4. The fourth-order valence-electron chi connectivity index (χ4n) is 8.49. The summed E-state index contributed by atoms with van der Waals surface area (Å²) >= 11 is 0. The molecule has 0 bridgehead atoms. The van der Waals surface area contributed by atoms with Gasteiger partial charge >= 0.3 is 7.82 Å². The summed E-state index contributed by atoms with van der Waals surface area (Å²) in [5, 5.41) is 14.1. The van der Waals surface area contributed by atoms with Crippen LogP contribution in [0.25, 0.3) is 0 Å². The van der Waals surface area contributed by atoms with Crippen LogP contribution in [0.4, 0.5) is 0 Å². The Kier molecular flexibility index (Phi) is 49.8. The maximum absolute atomic E-state index is 13.0. The van der Waals surface area contributed by atoms with E-state index in [1.165, 1.54) is 167 Å². The van der Waals surface area contributed by atoms with Crippen LogP contribution < -0.4 is 5.32 Å². The number of carbonyl (C=O) groups is 1. The molecular formula is C60H114N2O6P+. The van der Waals surface area contributed by atoms with Gasteiger partial charge < -0.3 is 19.8 Å². The molecule has 0 saturated heterocycles. The van der Waals surface area contributed by atoms with Crippen molar-refractivity contribution in [1.82, 2.24) is 5.32 Å². The number of aliphatic hydroxyl groups is 1. The van der Waals surface area contributed by atoms with E-state index in [0.717, 1.165) is 70.6 Å². The van der Waals surface area contributed by atoms with Crippen LogP contribution in [0.15, 0.2) is 60.8 Å². The zero-order valence-electron chi connectivity index (χ0n) is 46.0. The number of unbranched alkanes of at least 4 members (excludes halogenated alkanes) is 30. The normalized spacial score (nSPS) is 14.4. The van der Waals surface area contributed by atoms with Gasteiger partial charge in [0, 0.05) is 6.42 Å². The van der Waals surface area contributed by atoms with Gasteiger partial charge in [-0.05, 0) is 57.8 Å². The molecule has 3 unspecified atom stereocenters. The van der Waals surface area contributed by atoms with Gasteiger partial charge in [0.05, 0.1) is 39.9 Å². The number of allylic oxidation sites excluding steroid dienone is 10. The number of phosphoric acid groups is 1. The highest BCUT2D eigenvalue weighted by Crippen LogP contribution is 2.43. The van der Waals surface area contributed by atoms with Gasteiger partial charge in [0.1, 0.15) is 13.2 Å². The summed E-state index contributed by atoms with van der Waals surface area (Å²) in [5.74, 6) is -0.145. The van der Waals surface area contributed by atoms with Crippen LogP contribution in [0.1, 0.15) is 264 Å². The molecule has 0 rings (SSSR count). The minimum absolute atomic E-state index is 0.0735. The van der Waals surface area contributed by atoms with Gasteiger partial charge in [-0.1, -0.05) is 261 Å². The summed E-state index contributed by atoms with van der Waals surface area (Å²) < 4.78 is 23.8. The van der Waals surface area contributed by atoms with E-state index in [4.69, 9.17) is 9.05 Å². The molecule has 0 aliphatic heterocycles. The molecule has 3 atom stereocenters. The molecule has 0 radical (unpaired) electrons. The minimum atomic E-state index is -4.32. The van der Waals surface area contributed by atoms with E-state index in [2.05, 4.69) is 79.9 Å². The lowest BCUT2D eigenvalue weighted by Gasteiger charge is -2.26. The highest BCUT2D eigenvalue weighted by atomic mass is 31.2. The first-order chi connectivity index (χ1) is 33.5. The van der Waals surface area contributed by atoms with Crippen molar-refractivity contribution in [3.63, 3.8) is 0 Å². The summed E-state index contributed by atoms with van der Waals surface area (Å²) in [4.78, 5) is 23.3. The molecule has 404 valence electrons. The third-order valence-electron chi connectivity index (χ3n) is 13.0. The summed E-state index contributed by atoms with van der Waals surface area (Å²) in [5.41, 5.74) is 0. The van der Waals surface area contributed by atoms with Gasteiger partial charge in [0.2, 0.25) is 5.91 Å². The van der Waals surface area contributed by atoms with Gasteiger partial charge in [-0.15, -0.1) is 0 Å². The topological polar surface area (TPSA) is 105 Å². The van der Waals surface area contributed by atoms with Gasteiger partial charge in [-0.3, -0.25) is 13.8 Å². The molecule has 0 fully saturated rings. The standard InChI is InChI=1S/C60H113N2O6P/c1-6-8-10-12-14-16-18-20-22-24-26-27-28-29-30-31-32-33-34-35-36-38-40-42-44-46-48-50-52-54-60(64)61-58(57-68-69(65,66)67-56-55-62(3,4)5)59(63)53-51-49-47-45-43-41-39-37-25-23-21-19-17-15-13-11-9-7-2/h8,10,14,16,20,22,26-27,29-30,58-59,63H,6-7,9,11-13,15,17-19,21,23-25,28,31-57H2,1-5H3,(H-,61,64,65,66)/p+1/b10-8-,16-14-,22-20-,27-26-,30-29-. The van der Waals surface area contributed by atoms with E-state index < -0.39 is 20.0 Å². The Labute approximate surface area is 428 Å². The van der Waals surface area contributed by atoms with E-state index in [9.17, 15) is 19.4 Å². The van der Waals surface area contributed by atoms with Crippen molar-refractivity contribution in [2.75, 3.05) is 40.9 Å². The van der Waals surface area contributed by atoms with Crippen molar-refractivity contribution in [2.45, 2.75) is 276 Å². The molecule has 0 saturated carbocycles. The Bertz CT molecular complexity index is 1310. The third-order valence-corrected chi connectivity index (χ3v) is 14.0. The molecule has 1 amide bonds. The van der Waals surface area contributed by atoms with Crippen molar-refractivity contribution in [3.8, 4) is 0 Å². The van der Waals surface area contributed by atoms with E-state index in [-0.39, 0.29) is 19.1 Å². The van der Waals surface area contributed by atoms with Crippen molar-refractivity contribution in [1.29, 1.82) is 0 Å². The molecule has 0 aliphatic rings. The molecule has 0 spiro atoms. The van der Waals surface area contributed by atoms with Crippen LogP contribution in [-0.2, 0) is 18.4 Å². The number of amides is 1. The van der Waals surface area contributed by atoms with Crippen LogP contribution in [0.2, 0.25) is 0 Å². The number of aliphatic hydroxyl groups excluding tert-OH is 1. The van der Waals surface area contributed by atoms with Crippen LogP contribution in [0.3, 0.4) is 0 Å². The largest absolute Gasteiger partial charge is 0.472 e. The first-order valence-electron chi connectivity index (χ1n) is 29.2. The van der Waals surface area contributed by atoms with E-state index in [1.54, 1.807) is 0 Å². The number of likely N-dealkylation sites (N-methyl/N-ethyl adjacent to an activating group) is 1. The van der Waals surface area contributed by atoms with Crippen LogP contribution in [0, 0.1) is 0 Å². The van der Waals surface area contributed by atoms with Crippen molar-refractivity contribution in [2.24, 2.45) is 0 Å². The zero-order valence-corrected chi connectivity index (χ0v) is 46.9. The zero-order chi connectivity index (χ0) is 50.6. The summed E-state index contributed by atoms with van der Waals surface area (Å²) in [7, 11) is 1.62. The third kappa shape index (κ3) is 53.8. The van der Waals surface area contributed by atoms with Crippen molar-refractivity contribution >= 4 is 13.7 Å². The van der Waals surface area contributed by atoms with E-state index >= 15 is 0 Å². The Morgan fingerprint density at radius 3 is 1.28 bits per heavy atom. The number of nitrogens with zero attached hydrogens (tertiary/aromatic N) is 1. The lowest BCUT2D eigenvalue weighted by atomic mass is 10.0. The SMILES string of the molecule is CC/C=C\C/C=C\C/C=C\C/C=C\C/C=C\CCCCCCCCCCCCCCCC(=O)NC(COP(=O)(O)OCC[N+](C)(C)C)C(O)CCCCCCCCCCCCCCCCCCCC. The Hall–Kier alpha value is -1.80. The second kappa shape index (κ2) is 51.1. The quantitative estimate of drug-likeness (QED) is 0.0243. The fourth-order valence-corrected chi connectivity index (χ4v) is 9.22. The molecule has 0 aromatic rings. The second-order valence-corrected chi connectivity index (χ2v) is 22.4. The number of phosphoric ester groups is 1. The maximum Gasteiger partial charge on any atom is 0.472 e. The number of rotatable bonds is 53. The predicted octanol–water partition coefficient (Wildman–Crippen LogP) is 17.7. The highest BCUT2D eigenvalue weighted by Gasteiger charge is 2.28. The van der Waals surface area contributed by atoms with Crippen LogP contribution >= 0.6 is 7.82 Å². The average Bonchev–Trinajstić information content (AvgIpc) is 3.31. The second-order valence-electron chi connectivity index (χ2n) is 21.0. The molecule has 69 heavy (non-hydrogen) atoms. The Morgan fingerprint density at radius 2 is 0.870 bits per heavy atom. The lowest BCUT2D eigenvalue weighted by molar-refractivity contribution is -0.870. The number of carbonyl (C=O) groups excluding carboxylic acids is 1. The number of hydrogen-bond donors (Lipinski definition) is 3. The van der Waals surface area contributed by atoms with Gasteiger partial charge in [0.15, 0.2) is 0 Å². The average molecular weight is 991 g/mol. The number of hydrogen-bond acceptors (Lipinski definition) is 5. The van der Waals surface area contributed by atoms with Crippen molar-refractivity contribution < 1.29 is 32.9 Å². The van der Waals surface area contributed by atoms with E-state index in [1.807, 2.05) is 21.1 Å². The molecule has 0 aliphatic carbocycles. The predicted molar refractivity (Wildman–Crippen MR) is 300 cm³/mol. The van der Waals surface area contributed by atoms with Crippen molar-refractivity contribution in [3.05, 3.63) is 60.8 Å².